The lowest BCUT2D eigenvalue weighted by Crippen LogP contribution is -2.09. The summed E-state index contributed by atoms with van der Waals surface area (Å²) in [5.74, 6) is 0.741. The highest BCUT2D eigenvalue weighted by atomic mass is 32.2. The summed E-state index contributed by atoms with van der Waals surface area (Å²) in [6.07, 6.45) is 4.82. The number of nitrogens with zero attached hydrogens (tertiary/aromatic N) is 2. The van der Waals surface area contributed by atoms with Gasteiger partial charge in [0.1, 0.15) is 0 Å². The third-order valence-electron chi connectivity index (χ3n) is 2.36. The molecule has 1 aliphatic rings. The molecule has 0 saturated carbocycles. The van der Waals surface area contributed by atoms with Gasteiger partial charge in [-0.25, -0.2) is 0 Å². The minimum absolute atomic E-state index is 0.638. The lowest BCUT2D eigenvalue weighted by atomic mass is 10.1. The molecule has 1 aliphatic heterocycles. The summed E-state index contributed by atoms with van der Waals surface area (Å²) in [4.78, 5) is 8.57. The highest BCUT2D eigenvalue weighted by molar-refractivity contribution is 8.15. The van der Waals surface area contributed by atoms with Crippen molar-refractivity contribution >= 4 is 22.6 Å². The van der Waals surface area contributed by atoms with Gasteiger partial charge >= 0.3 is 0 Å². The standard InChI is InChI=1S/C12H17N3S/c1-9(2)6-11-8-14-12(16-11)15-10-4-3-5-13-7-10/h3-5,7,9,11H,6,8H2,1-2H3,(H,14,15). The lowest BCUT2D eigenvalue weighted by Gasteiger charge is -2.10. The molecule has 1 unspecified atom stereocenters. The maximum atomic E-state index is 4.51. The molecule has 1 aromatic rings. The Hall–Kier alpha value is -1.03. The molecule has 0 aliphatic carbocycles. The quantitative estimate of drug-likeness (QED) is 0.875. The lowest BCUT2D eigenvalue weighted by molar-refractivity contribution is 0.575. The summed E-state index contributed by atoms with van der Waals surface area (Å²) in [5.41, 5.74) is 1.01. The van der Waals surface area contributed by atoms with Gasteiger partial charge in [-0.2, -0.15) is 0 Å². The molecule has 2 rings (SSSR count). The molecule has 86 valence electrons. The van der Waals surface area contributed by atoms with Gasteiger partial charge in [-0.05, 0) is 24.5 Å². The van der Waals surface area contributed by atoms with E-state index in [0.717, 1.165) is 23.3 Å². The van der Waals surface area contributed by atoms with Crippen LogP contribution < -0.4 is 5.32 Å². The molecule has 0 amide bonds. The van der Waals surface area contributed by atoms with Crippen LogP contribution in [0.4, 0.5) is 5.69 Å². The van der Waals surface area contributed by atoms with E-state index in [4.69, 9.17) is 0 Å². The number of aliphatic imine (C=N–C) groups is 1. The number of hydrogen-bond acceptors (Lipinski definition) is 4. The SMILES string of the molecule is CC(C)CC1CN=C(Nc2cccnc2)S1. The summed E-state index contributed by atoms with van der Waals surface area (Å²) in [7, 11) is 0. The number of pyridine rings is 1. The van der Waals surface area contributed by atoms with Gasteiger partial charge in [-0.15, -0.1) is 0 Å². The van der Waals surface area contributed by atoms with Crippen molar-refractivity contribution in [3.05, 3.63) is 24.5 Å². The van der Waals surface area contributed by atoms with Gasteiger partial charge in [0, 0.05) is 11.4 Å². The molecule has 0 spiro atoms. The van der Waals surface area contributed by atoms with Crippen LogP contribution >= 0.6 is 11.8 Å². The van der Waals surface area contributed by atoms with Crippen LogP contribution in [0.15, 0.2) is 29.5 Å². The second-order valence-electron chi connectivity index (χ2n) is 4.38. The molecule has 0 radical (unpaired) electrons. The zero-order valence-corrected chi connectivity index (χ0v) is 10.5. The molecule has 4 heteroatoms. The smallest absolute Gasteiger partial charge is 0.161 e. The third kappa shape index (κ3) is 3.23. The summed E-state index contributed by atoms with van der Waals surface area (Å²) in [5, 5.41) is 4.96. The molecule has 2 heterocycles. The van der Waals surface area contributed by atoms with Crippen LogP contribution in [-0.4, -0.2) is 21.9 Å². The van der Waals surface area contributed by atoms with Gasteiger partial charge in [0.25, 0.3) is 0 Å². The van der Waals surface area contributed by atoms with Crippen molar-refractivity contribution in [1.82, 2.24) is 4.98 Å². The van der Waals surface area contributed by atoms with Crippen molar-refractivity contribution in [1.29, 1.82) is 0 Å². The summed E-state index contributed by atoms with van der Waals surface area (Å²) >= 11 is 1.84. The van der Waals surface area contributed by atoms with Crippen molar-refractivity contribution in [2.24, 2.45) is 10.9 Å². The Balaban J connectivity index is 1.85. The molecule has 1 atom stereocenters. The molecule has 0 fully saturated rings. The van der Waals surface area contributed by atoms with Crippen molar-refractivity contribution in [3.63, 3.8) is 0 Å². The fraction of sp³-hybridized carbons (Fsp3) is 0.500. The minimum Gasteiger partial charge on any atom is -0.334 e. The Labute approximate surface area is 101 Å². The fourth-order valence-corrected chi connectivity index (χ4v) is 2.97. The number of amidine groups is 1. The van der Waals surface area contributed by atoms with E-state index < -0.39 is 0 Å². The van der Waals surface area contributed by atoms with Crippen LogP contribution in [-0.2, 0) is 0 Å². The van der Waals surface area contributed by atoms with Gasteiger partial charge in [-0.1, -0.05) is 25.6 Å². The normalized spacial score (nSPS) is 19.9. The first-order chi connectivity index (χ1) is 7.74. The summed E-state index contributed by atoms with van der Waals surface area (Å²) in [6, 6.07) is 3.93. The highest BCUT2D eigenvalue weighted by Gasteiger charge is 2.20. The number of aromatic nitrogens is 1. The first-order valence-electron chi connectivity index (χ1n) is 5.62. The van der Waals surface area contributed by atoms with E-state index in [0.29, 0.717) is 5.25 Å². The zero-order valence-electron chi connectivity index (χ0n) is 9.68. The first-order valence-corrected chi connectivity index (χ1v) is 6.50. The first kappa shape index (κ1) is 11.5. The van der Waals surface area contributed by atoms with E-state index in [2.05, 4.69) is 29.1 Å². The third-order valence-corrected chi connectivity index (χ3v) is 3.49. The Morgan fingerprint density at radius 2 is 2.44 bits per heavy atom. The van der Waals surface area contributed by atoms with E-state index in [-0.39, 0.29) is 0 Å². The largest absolute Gasteiger partial charge is 0.334 e. The number of rotatable bonds is 3. The molecule has 1 aromatic heterocycles. The van der Waals surface area contributed by atoms with Crippen molar-refractivity contribution in [2.45, 2.75) is 25.5 Å². The van der Waals surface area contributed by atoms with Crippen molar-refractivity contribution in [3.8, 4) is 0 Å². The molecule has 1 N–H and O–H groups in total. The van der Waals surface area contributed by atoms with Crippen LogP contribution in [0.2, 0.25) is 0 Å². The van der Waals surface area contributed by atoms with E-state index in [1.807, 2.05) is 30.1 Å². The van der Waals surface area contributed by atoms with E-state index in [1.54, 1.807) is 6.20 Å². The summed E-state index contributed by atoms with van der Waals surface area (Å²) in [6.45, 7) is 5.45. The number of anilines is 1. The Kier molecular flexibility index (Phi) is 3.83. The summed E-state index contributed by atoms with van der Waals surface area (Å²) < 4.78 is 0. The van der Waals surface area contributed by atoms with Crippen LogP contribution in [0.1, 0.15) is 20.3 Å². The van der Waals surface area contributed by atoms with Crippen LogP contribution in [0.25, 0.3) is 0 Å². The van der Waals surface area contributed by atoms with Gasteiger partial charge in [-0.3, -0.25) is 9.98 Å². The second-order valence-corrected chi connectivity index (χ2v) is 5.67. The average molecular weight is 235 g/mol. The van der Waals surface area contributed by atoms with E-state index in [1.165, 1.54) is 6.42 Å². The predicted molar refractivity (Wildman–Crippen MR) is 71.0 cm³/mol. The zero-order chi connectivity index (χ0) is 11.4. The maximum absolute atomic E-state index is 4.51. The van der Waals surface area contributed by atoms with Crippen molar-refractivity contribution < 1.29 is 0 Å². The molecule has 16 heavy (non-hydrogen) atoms. The van der Waals surface area contributed by atoms with E-state index in [9.17, 15) is 0 Å². The Bertz CT molecular complexity index is 362. The average Bonchev–Trinajstić information content (AvgIpc) is 2.66. The topological polar surface area (TPSA) is 37.3 Å². The van der Waals surface area contributed by atoms with Gasteiger partial charge in [0.05, 0.1) is 18.4 Å². The fourth-order valence-electron chi connectivity index (χ4n) is 1.69. The van der Waals surface area contributed by atoms with Crippen LogP contribution in [0.3, 0.4) is 0 Å². The van der Waals surface area contributed by atoms with Crippen LogP contribution in [0, 0.1) is 5.92 Å². The van der Waals surface area contributed by atoms with Gasteiger partial charge in [0.15, 0.2) is 5.17 Å². The Morgan fingerprint density at radius 1 is 1.56 bits per heavy atom. The molecule has 3 nitrogen and oxygen atoms in total. The number of thioether (sulfide) groups is 1. The number of hydrogen-bond donors (Lipinski definition) is 1. The highest BCUT2D eigenvalue weighted by Crippen LogP contribution is 2.27. The van der Waals surface area contributed by atoms with Gasteiger partial charge < -0.3 is 5.32 Å². The molecular formula is C12H17N3S. The molecule has 0 bridgehead atoms. The second kappa shape index (κ2) is 5.34. The molecule has 0 saturated heterocycles. The maximum Gasteiger partial charge on any atom is 0.161 e. The minimum atomic E-state index is 0.638. The number of nitrogens with one attached hydrogen (secondary N) is 1. The molecular weight excluding hydrogens is 218 g/mol. The van der Waals surface area contributed by atoms with Crippen LogP contribution in [0.5, 0.6) is 0 Å². The molecule has 0 aromatic carbocycles. The monoisotopic (exact) mass is 235 g/mol. The van der Waals surface area contributed by atoms with Gasteiger partial charge in [0.2, 0.25) is 0 Å². The Morgan fingerprint density at radius 3 is 3.12 bits per heavy atom. The van der Waals surface area contributed by atoms with E-state index >= 15 is 0 Å². The predicted octanol–water partition coefficient (Wildman–Crippen LogP) is 3.01. The van der Waals surface area contributed by atoms with Crippen molar-refractivity contribution in [2.75, 3.05) is 11.9 Å².